The van der Waals surface area contributed by atoms with E-state index >= 15 is 0 Å². The van der Waals surface area contributed by atoms with Crippen molar-refractivity contribution in [2.24, 2.45) is 11.1 Å². The number of Topliss-reactive ketones (excluding diaryl/α,β-unsaturated/α-hetero) is 1. The molecule has 2 amide bonds. The first-order valence-corrected chi connectivity index (χ1v) is 10.9. The molecule has 1 fully saturated rings. The zero-order valence-corrected chi connectivity index (χ0v) is 18.3. The second kappa shape index (κ2) is 8.99. The fraction of sp³-hybridized carbons (Fsp3) is 0.476. The van der Waals surface area contributed by atoms with Gasteiger partial charge in [-0.15, -0.1) is 10.2 Å². The lowest BCUT2D eigenvalue weighted by atomic mass is 9.95. The molecule has 0 unspecified atom stereocenters. The minimum atomic E-state index is -0.491. The molecule has 160 valence electrons. The first-order valence-electron chi connectivity index (χ1n) is 9.94. The summed E-state index contributed by atoms with van der Waals surface area (Å²) in [6.45, 7) is 5.95. The van der Waals surface area contributed by atoms with Crippen molar-refractivity contribution >= 4 is 35.0 Å². The Kier molecular flexibility index (Phi) is 6.60. The number of hydrogen-bond acceptors (Lipinski definition) is 6. The van der Waals surface area contributed by atoms with Crippen molar-refractivity contribution in [2.75, 3.05) is 11.1 Å². The van der Waals surface area contributed by atoms with Crippen LogP contribution in [0.3, 0.4) is 0 Å². The number of amides is 2. The predicted octanol–water partition coefficient (Wildman–Crippen LogP) is 2.99. The topological polar surface area (TPSA) is 120 Å². The largest absolute Gasteiger partial charge is 0.370 e. The molecule has 0 saturated heterocycles. The Morgan fingerprint density at radius 1 is 1.17 bits per heavy atom. The molecule has 0 atom stereocenters. The molecule has 9 heteroatoms. The van der Waals surface area contributed by atoms with Crippen LogP contribution in [0.1, 0.15) is 62.1 Å². The summed E-state index contributed by atoms with van der Waals surface area (Å²) in [5.41, 5.74) is 6.00. The Morgan fingerprint density at radius 2 is 1.83 bits per heavy atom. The van der Waals surface area contributed by atoms with Crippen molar-refractivity contribution in [2.45, 2.75) is 57.7 Å². The van der Waals surface area contributed by atoms with Gasteiger partial charge in [-0.3, -0.25) is 14.4 Å². The summed E-state index contributed by atoms with van der Waals surface area (Å²) < 4.78 is 1.91. The lowest BCUT2D eigenvalue weighted by Gasteiger charge is -2.17. The van der Waals surface area contributed by atoms with Gasteiger partial charge < -0.3 is 15.6 Å². The van der Waals surface area contributed by atoms with Gasteiger partial charge in [0.15, 0.2) is 10.9 Å². The first kappa shape index (κ1) is 22.0. The van der Waals surface area contributed by atoms with Crippen LogP contribution in [0.5, 0.6) is 0 Å². The number of ketones is 1. The molecule has 0 bridgehead atoms. The molecule has 1 aromatic heterocycles. The maximum atomic E-state index is 12.6. The third-order valence-electron chi connectivity index (χ3n) is 4.75. The SMILES string of the molecule is CC(C)(C)C(=O)Nc1ccc(C(=O)CSc2nnc(C3CC3)n2CCC(N)=O)cc1. The number of nitrogens with zero attached hydrogens (tertiary/aromatic N) is 3. The lowest BCUT2D eigenvalue weighted by molar-refractivity contribution is -0.123. The fourth-order valence-corrected chi connectivity index (χ4v) is 3.62. The van der Waals surface area contributed by atoms with Gasteiger partial charge in [0, 0.05) is 35.5 Å². The minimum absolute atomic E-state index is 0.0499. The van der Waals surface area contributed by atoms with Gasteiger partial charge in [0.2, 0.25) is 11.8 Å². The number of thioether (sulfide) groups is 1. The van der Waals surface area contributed by atoms with Gasteiger partial charge in [0.05, 0.1) is 5.75 Å². The highest BCUT2D eigenvalue weighted by Crippen LogP contribution is 2.40. The van der Waals surface area contributed by atoms with Crippen LogP contribution in [-0.4, -0.2) is 38.1 Å². The molecule has 0 radical (unpaired) electrons. The Morgan fingerprint density at radius 3 is 2.40 bits per heavy atom. The second-order valence-corrected chi connectivity index (χ2v) is 9.42. The highest BCUT2D eigenvalue weighted by molar-refractivity contribution is 7.99. The number of rotatable bonds is 9. The number of hydrogen-bond donors (Lipinski definition) is 2. The highest BCUT2D eigenvalue weighted by atomic mass is 32.2. The van der Waals surface area contributed by atoms with E-state index < -0.39 is 5.41 Å². The van der Waals surface area contributed by atoms with E-state index in [1.165, 1.54) is 11.8 Å². The molecule has 0 aliphatic heterocycles. The molecule has 2 aromatic rings. The van der Waals surface area contributed by atoms with E-state index in [1.54, 1.807) is 24.3 Å². The molecule has 8 nitrogen and oxygen atoms in total. The summed E-state index contributed by atoms with van der Waals surface area (Å²) in [7, 11) is 0. The van der Waals surface area contributed by atoms with Crippen molar-refractivity contribution < 1.29 is 14.4 Å². The zero-order chi connectivity index (χ0) is 21.9. The number of carbonyl (C=O) groups is 3. The van der Waals surface area contributed by atoms with E-state index in [4.69, 9.17) is 5.73 Å². The van der Waals surface area contributed by atoms with Gasteiger partial charge in [0.25, 0.3) is 0 Å². The van der Waals surface area contributed by atoms with Crippen LogP contribution in [0.25, 0.3) is 0 Å². The van der Waals surface area contributed by atoms with Crippen molar-refractivity contribution in [3.05, 3.63) is 35.7 Å². The van der Waals surface area contributed by atoms with E-state index in [1.807, 2.05) is 25.3 Å². The highest BCUT2D eigenvalue weighted by Gasteiger charge is 2.30. The average molecular weight is 430 g/mol. The predicted molar refractivity (Wildman–Crippen MR) is 115 cm³/mol. The summed E-state index contributed by atoms with van der Waals surface area (Å²) in [5.74, 6) is 0.935. The normalized spacial score (nSPS) is 13.8. The van der Waals surface area contributed by atoms with Crippen molar-refractivity contribution in [1.82, 2.24) is 14.8 Å². The summed E-state index contributed by atoms with van der Waals surface area (Å²) >= 11 is 1.30. The van der Waals surface area contributed by atoms with Crippen LogP contribution in [0.15, 0.2) is 29.4 Å². The molecule has 3 N–H and O–H groups in total. The average Bonchev–Trinajstić information content (AvgIpc) is 3.44. The van der Waals surface area contributed by atoms with E-state index in [9.17, 15) is 14.4 Å². The number of aromatic nitrogens is 3. The summed E-state index contributed by atoms with van der Waals surface area (Å²) in [6.07, 6.45) is 2.34. The molecule has 1 aliphatic rings. The van der Waals surface area contributed by atoms with Crippen LogP contribution in [0.2, 0.25) is 0 Å². The van der Waals surface area contributed by atoms with Crippen molar-refractivity contribution in [3.63, 3.8) is 0 Å². The molecule has 1 aliphatic carbocycles. The van der Waals surface area contributed by atoms with Crippen molar-refractivity contribution in [3.8, 4) is 0 Å². The standard InChI is InChI=1S/C21H27N5O3S/c1-21(2,3)19(29)23-15-8-6-13(7-9-15)16(27)12-30-20-25-24-18(14-4-5-14)26(20)11-10-17(22)28/h6-9,14H,4-5,10-12H2,1-3H3,(H2,22,28)(H,23,29). The van der Waals surface area contributed by atoms with Gasteiger partial charge >= 0.3 is 0 Å². The molecule has 3 rings (SSSR count). The molecular formula is C21H27N5O3S. The quantitative estimate of drug-likeness (QED) is 0.467. The van der Waals surface area contributed by atoms with Gasteiger partial charge in [-0.05, 0) is 37.1 Å². The van der Waals surface area contributed by atoms with Crippen LogP contribution in [0, 0.1) is 5.41 Å². The van der Waals surface area contributed by atoms with Crippen LogP contribution >= 0.6 is 11.8 Å². The van der Waals surface area contributed by atoms with E-state index in [2.05, 4.69) is 15.5 Å². The smallest absolute Gasteiger partial charge is 0.229 e. The third kappa shape index (κ3) is 5.69. The van der Waals surface area contributed by atoms with E-state index in [0.717, 1.165) is 18.7 Å². The number of benzene rings is 1. The molecule has 1 aromatic carbocycles. The number of primary amides is 1. The Bertz CT molecular complexity index is 943. The summed E-state index contributed by atoms with van der Waals surface area (Å²) in [6, 6.07) is 6.85. The van der Waals surface area contributed by atoms with E-state index in [0.29, 0.717) is 28.9 Å². The number of nitrogens with two attached hydrogens (primary N) is 1. The number of nitrogens with one attached hydrogen (secondary N) is 1. The zero-order valence-electron chi connectivity index (χ0n) is 17.5. The van der Waals surface area contributed by atoms with Crippen LogP contribution in [-0.2, 0) is 16.1 Å². The Labute approximate surface area is 180 Å². The second-order valence-electron chi connectivity index (χ2n) is 8.48. The molecule has 0 spiro atoms. The first-order chi connectivity index (χ1) is 14.1. The maximum Gasteiger partial charge on any atom is 0.229 e. The van der Waals surface area contributed by atoms with Crippen LogP contribution in [0.4, 0.5) is 5.69 Å². The number of anilines is 1. The third-order valence-corrected chi connectivity index (χ3v) is 5.71. The number of carbonyl (C=O) groups excluding carboxylic acids is 3. The Hall–Kier alpha value is -2.68. The van der Waals surface area contributed by atoms with E-state index in [-0.39, 0.29) is 29.8 Å². The summed E-state index contributed by atoms with van der Waals surface area (Å²) in [5, 5.41) is 11.9. The van der Waals surface area contributed by atoms with Gasteiger partial charge in [-0.2, -0.15) is 0 Å². The van der Waals surface area contributed by atoms with Gasteiger partial charge in [0.1, 0.15) is 5.82 Å². The monoisotopic (exact) mass is 429 g/mol. The lowest BCUT2D eigenvalue weighted by Crippen LogP contribution is -2.27. The minimum Gasteiger partial charge on any atom is -0.370 e. The van der Waals surface area contributed by atoms with Crippen LogP contribution < -0.4 is 11.1 Å². The molecule has 30 heavy (non-hydrogen) atoms. The summed E-state index contributed by atoms with van der Waals surface area (Å²) in [4.78, 5) is 35.9. The molecule has 1 saturated carbocycles. The van der Waals surface area contributed by atoms with Crippen molar-refractivity contribution in [1.29, 1.82) is 0 Å². The molecular weight excluding hydrogens is 402 g/mol. The van der Waals surface area contributed by atoms with Gasteiger partial charge in [-0.25, -0.2) is 0 Å². The Balaban J connectivity index is 1.61. The van der Waals surface area contributed by atoms with Gasteiger partial charge in [-0.1, -0.05) is 32.5 Å². The fourth-order valence-electron chi connectivity index (χ4n) is 2.75. The maximum absolute atomic E-state index is 12.6. The molecule has 1 heterocycles.